The maximum absolute atomic E-state index is 12.1. The van der Waals surface area contributed by atoms with Crippen LogP contribution in [0.3, 0.4) is 0 Å². The first kappa shape index (κ1) is 12.9. The van der Waals surface area contributed by atoms with Crippen LogP contribution in [0.25, 0.3) is 6.08 Å². The lowest BCUT2D eigenvalue weighted by Crippen LogP contribution is -1.97. The minimum absolute atomic E-state index is 0.0842. The molecule has 0 bridgehead atoms. The summed E-state index contributed by atoms with van der Waals surface area (Å²) < 4.78 is 6.42. The molecule has 98 valence electrons. The van der Waals surface area contributed by atoms with Gasteiger partial charge in [-0.2, -0.15) is 0 Å². The summed E-state index contributed by atoms with van der Waals surface area (Å²) in [5.74, 6) is 0.877. The minimum Gasteiger partial charge on any atom is -0.452 e. The van der Waals surface area contributed by atoms with Crippen LogP contribution in [0, 0.1) is 0 Å². The quantitative estimate of drug-likeness (QED) is 0.752. The van der Waals surface area contributed by atoms with Crippen molar-refractivity contribution >= 4 is 27.8 Å². The number of benzene rings is 2. The van der Waals surface area contributed by atoms with E-state index >= 15 is 0 Å². The zero-order chi connectivity index (χ0) is 13.9. The standard InChI is InChI=1S/C17H11BrO2/c18-13-9-10-15-14(11-13)17(19)16(20-15)8-4-7-12-5-2-1-3-6-12/h1-11H/b7-4+,16-8-. The van der Waals surface area contributed by atoms with Crippen molar-refractivity contribution in [3.05, 3.63) is 82.0 Å². The predicted octanol–water partition coefficient (Wildman–Crippen LogP) is 4.62. The van der Waals surface area contributed by atoms with Crippen molar-refractivity contribution in [3.63, 3.8) is 0 Å². The number of rotatable bonds is 2. The normalized spacial score (nSPS) is 15.7. The molecule has 2 nitrogen and oxygen atoms in total. The van der Waals surface area contributed by atoms with Crippen LogP contribution in [0.4, 0.5) is 0 Å². The van der Waals surface area contributed by atoms with Crippen LogP contribution in [0.1, 0.15) is 15.9 Å². The summed E-state index contributed by atoms with van der Waals surface area (Å²) in [6.45, 7) is 0. The summed E-state index contributed by atoms with van der Waals surface area (Å²) in [5.41, 5.74) is 1.67. The fourth-order valence-electron chi connectivity index (χ4n) is 1.99. The zero-order valence-electron chi connectivity index (χ0n) is 10.5. The summed E-state index contributed by atoms with van der Waals surface area (Å²) in [4.78, 5) is 12.1. The van der Waals surface area contributed by atoms with Gasteiger partial charge in [0, 0.05) is 4.47 Å². The van der Waals surface area contributed by atoms with Gasteiger partial charge in [-0.15, -0.1) is 0 Å². The average Bonchev–Trinajstić information content (AvgIpc) is 2.77. The lowest BCUT2D eigenvalue weighted by Gasteiger charge is -1.96. The highest BCUT2D eigenvalue weighted by Crippen LogP contribution is 2.32. The third-order valence-corrected chi connectivity index (χ3v) is 3.46. The number of halogens is 1. The molecule has 0 N–H and O–H groups in total. The Morgan fingerprint density at radius 1 is 1.05 bits per heavy atom. The van der Waals surface area contributed by atoms with Crippen LogP contribution in [0.5, 0.6) is 5.75 Å². The SMILES string of the molecule is O=C1/C(=C/C=C/c2ccccc2)Oc2ccc(Br)cc21. The van der Waals surface area contributed by atoms with Gasteiger partial charge in [-0.3, -0.25) is 4.79 Å². The molecule has 3 rings (SSSR count). The molecule has 1 aliphatic rings. The Morgan fingerprint density at radius 2 is 1.85 bits per heavy atom. The van der Waals surface area contributed by atoms with E-state index in [1.54, 1.807) is 18.2 Å². The molecular weight excluding hydrogens is 316 g/mol. The molecule has 0 atom stereocenters. The predicted molar refractivity (Wildman–Crippen MR) is 82.7 cm³/mol. The zero-order valence-corrected chi connectivity index (χ0v) is 12.1. The molecular formula is C17H11BrO2. The van der Waals surface area contributed by atoms with Crippen molar-refractivity contribution in [2.45, 2.75) is 0 Å². The Labute approximate surface area is 125 Å². The smallest absolute Gasteiger partial charge is 0.231 e. The first-order chi connectivity index (χ1) is 9.74. The van der Waals surface area contributed by atoms with E-state index in [1.807, 2.05) is 48.6 Å². The molecule has 2 aromatic carbocycles. The van der Waals surface area contributed by atoms with Gasteiger partial charge in [-0.1, -0.05) is 58.4 Å². The van der Waals surface area contributed by atoms with Gasteiger partial charge in [0.25, 0.3) is 0 Å². The maximum Gasteiger partial charge on any atom is 0.231 e. The van der Waals surface area contributed by atoms with E-state index in [0.29, 0.717) is 17.1 Å². The number of hydrogen-bond donors (Lipinski definition) is 0. The van der Waals surface area contributed by atoms with E-state index in [2.05, 4.69) is 15.9 Å². The van der Waals surface area contributed by atoms with Gasteiger partial charge in [-0.05, 0) is 29.8 Å². The van der Waals surface area contributed by atoms with Gasteiger partial charge in [0.15, 0.2) is 5.76 Å². The van der Waals surface area contributed by atoms with Gasteiger partial charge < -0.3 is 4.74 Å². The summed E-state index contributed by atoms with van der Waals surface area (Å²) >= 11 is 3.35. The Kier molecular flexibility index (Phi) is 3.52. The van der Waals surface area contributed by atoms with Gasteiger partial charge in [0.2, 0.25) is 5.78 Å². The van der Waals surface area contributed by atoms with Crippen molar-refractivity contribution in [3.8, 4) is 5.75 Å². The summed E-state index contributed by atoms with van der Waals surface area (Å²) in [6.07, 6.45) is 5.45. The molecule has 2 aromatic rings. The van der Waals surface area contributed by atoms with Crippen LogP contribution in [-0.2, 0) is 0 Å². The highest BCUT2D eigenvalue weighted by atomic mass is 79.9. The maximum atomic E-state index is 12.1. The van der Waals surface area contributed by atoms with Crippen LogP contribution in [-0.4, -0.2) is 5.78 Å². The first-order valence-electron chi connectivity index (χ1n) is 6.19. The molecule has 0 unspecified atom stereocenters. The fourth-order valence-corrected chi connectivity index (χ4v) is 2.35. The molecule has 0 aromatic heterocycles. The molecule has 0 amide bonds. The number of allylic oxidation sites excluding steroid dienone is 3. The van der Waals surface area contributed by atoms with Crippen molar-refractivity contribution in [1.29, 1.82) is 0 Å². The highest BCUT2D eigenvalue weighted by molar-refractivity contribution is 9.10. The fraction of sp³-hybridized carbons (Fsp3) is 0. The van der Waals surface area contributed by atoms with Crippen molar-refractivity contribution in [2.75, 3.05) is 0 Å². The van der Waals surface area contributed by atoms with Crippen molar-refractivity contribution < 1.29 is 9.53 Å². The molecule has 0 radical (unpaired) electrons. The third-order valence-electron chi connectivity index (χ3n) is 2.97. The molecule has 0 spiro atoms. The lowest BCUT2D eigenvalue weighted by atomic mass is 10.1. The van der Waals surface area contributed by atoms with Gasteiger partial charge in [0.05, 0.1) is 5.56 Å². The second kappa shape index (κ2) is 5.47. The molecule has 3 heteroatoms. The minimum atomic E-state index is -0.0842. The number of carbonyl (C=O) groups is 1. The Morgan fingerprint density at radius 3 is 2.65 bits per heavy atom. The van der Waals surface area contributed by atoms with Gasteiger partial charge in [-0.25, -0.2) is 0 Å². The van der Waals surface area contributed by atoms with Crippen LogP contribution in [0.2, 0.25) is 0 Å². The lowest BCUT2D eigenvalue weighted by molar-refractivity contribution is 0.101. The third kappa shape index (κ3) is 2.58. The number of fused-ring (bicyclic) bond motifs is 1. The van der Waals surface area contributed by atoms with E-state index in [9.17, 15) is 4.79 Å². The first-order valence-corrected chi connectivity index (χ1v) is 6.99. The van der Waals surface area contributed by atoms with E-state index in [1.165, 1.54) is 0 Å². The van der Waals surface area contributed by atoms with Gasteiger partial charge >= 0.3 is 0 Å². The monoisotopic (exact) mass is 326 g/mol. The van der Waals surface area contributed by atoms with Crippen LogP contribution < -0.4 is 4.74 Å². The van der Waals surface area contributed by atoms with Crippen molar-refractivity contribution in [2.24, 2.45) is 0 Å². The number of ether oxygens (including phenoxy) is 1. The molecule has 0 aliphatic carbocycles. The van der Waals surface area contributed by atoms with Crippen LogP contribution >= 0.6 is 15.9 Å². The second-order valence-electron chi connectivity index (χ2n) is 4.37. The molecule has 1 heterocycles. The van der Waals surface area contributed by atoms with Crippen LogP contribution in [0.15, 0.2) is 70.9 Å². The highest BCUT2D eigenvalue weighted by Gasteiger charge is 2.26. The second-order valence-corrected chi connectivity index (χ2v) is 5.29. The van der Waals surface area contributed by atoms with Crippen molar-refractivity contribution in [1.82, 2.24) is 0 Å². The molecule has 20 heavy (non-hydrogen) atoms. The summed E-state index contributed by atoms with van der Waals surface area (Å²) in [5, 5.41) is 0. The van der Waals surface area contributed by atoms with E-state index in [-0.39, 0.29) is 5.78 Å². The van der Waals surface area contributed by atoms with E-state index in [0.717, 1.165) is 10.0 Å². The Hall–Kier alpha value is -2.13. The number of hydrogen-bond acceptors (Lipinski definition) is 2. The van der Waals surface area contributed by atoms with Gasteiger partial charge in [0.1, 0.15) is 5.75 Å². The average molecular weight is 327 g/mol. The molecule has 0 fully saturated rings. The number of carbonyl (C=O) groups excluding carboxylic acids is 1. The van der Waals surface area contributed by atoms with E-state index < -0.39 is 0 Å². The molecule has 0 saturated heterocycles. The Bertz CT molecular complexity index is 715. The summed E-state index contributed by atoms with van der Waals surface area (Å²) in [6, 6.07) is 15.3. The summed E-state index contributed by atoms with van der Waals surface area (Å²) in [7, 11) is 0. The topological polar surface area (TPSA) is 26.3 Å². The molecule has 0 saturated carbocycles. The number of ketones is 1. The molecule has 1 aliphatic heterocycles. The van der Waals surface area contributed by atoms with E-state index in [4.69, 9.17) is 4.74 Å². The Balaban J connectivity index is 1.82. The number of Topliss-reactive ketones (excluding diaryl/α,β-unsaturated/α-hetero) is 1. The largest absolute Gasteiger partial charge is 0.452 e.